The number of aryl methyl sites for hydroxylation is 1. The molecule has 0 saturated carbocycles. The molecule has 0 fully saturated rings. The Hall–Kier alpha value is -3.22. The second-order valence-electron chi connectivity index (χ2n) is 5.66. The predicted octanol–water partition coefficient (Wildman–Crippen LogP) is 2.62. The van der Waals surface area contributed by atoms with Gasteiger partial charge in [-0.25, -0.2) is 4.79 Å². The van der Waals surface area contributed by atoms with Crippen LogP contribution in [-0.4, -0.2) is 33.1 Å². The first-order chi connectivity index (χ1) is 12.4. The lowest BCUT2D eigenvalue weighted by molar-refractivity contribution is -0.141. The van der Waals surface area contributed by atoms with Crippen LogP contribution in [0.1, 0.15) is 22.7 Å². The normalized spacial score (nSPS) is 11.4. The maximum absolute atomic E-state index is 12.4. The topological polar surface area (TPSA) is 107 Å². The fourth-order valence-electron chi connectivity index (χ4n) is 2.60. The zero-order valence-electron chi connectivity index (χ0n) is 15.3. The van der Waals surface area contributed by atoms with E-state index in [1.165, 1.54) is 14.2 Å². The lowest BCUT2D eigenvalue weighted by Crippen LogP contribution is -2.23. The number of esters is 1. The van der Waals surface area contributed by atoms with E-state index in [2.05, 4.69) is 5.32 Å². The van der Waals surface area contributed by atoms with Gasteiger partial charge >= 0.3 is 5.97 Å². The molecular weight excluding hydrogens is 334 g/mol. The summed E-state index contributed by atoms with van der Waals surface area (Å²) in [5.74, 6) is 0.659. The second-order valence-corrected chi connectivity index (χ2v) is 5.66. The summed E-state index contributed by atoms with van der Waals surface area (Å²) in [5.41, 5.74) is 8.33. The number of carbonyl (C=O) groups is 1. The molecular formula is C19H23N3O4. The minimum absolute atomic E-state index is 0.0168. The van der Waals surface area contributed by atoms with Gasteiger partial charge in [-0.1, -0.05) is 0 Å². The average Bonchev–Trinajstić information content (AvgIpc) is 2.65. The van der Waals surface area contributed by atoms with Crippen molar-refractivity contribution < 1.29 is 19.0 Å². The molecule has 0 spiro atoms. The summed E-state index contributed by atoms with van der Waals surface area (Å²) in [6, 6.07) is 9.76. The number of hydrogen-bond acceptors (Lipinski definition) is 6. The van der Waals surface area contributed by atoms with Gasteiger partial charge in [-0.2, -0.15) is 0 Å². The molecule has 0 aliphatic carbocycles. The number of nitrogens with one attached hydrogen (secondary N) is 2. The van der Waals surface area contributed by atoms with Crippen molar-refractivity contribution in [3.05, 3.63) is 53.1 Å². The highest BCUT2D eigenvalue weighted by molar-refractivity contribution is 5.95. The van der Waals surface area contributed by atoms with E-state index in [0.717, 1.165) is 5.56 Å². The van der Waals surface area contributed by atoms with Gasteiger partial charge in [0.1, 0.15) is 5.84 Å². The number of nitrogen functional groups attached to an aromatic ring is 1. The summed E-state index contributed by atoms with van der Waals surface area (Å²) in [6.45, 7) is 1.88. The fraction of sp³-hybridized carbons (Fsp3) is 0.263. The van der Waals surface area contributed by atoms with Crippen molar-refractivity contribution in [2.45, 2.75) is 13.0 Å². The zero-order chi connectivity index (χ0) is 19.3. The molecule has 2 aromatic rings. The molecule has 0 aliphatic heterocycles. The van der Waals surface area contributed by atoms with E-state index >= 15 is 0 Å². The largest absolute Gasteiger partial charge is 0.493 e. The number of nitrogens with two attached hydrogens (primary N) is 1. The highest BCUT2D eigenvalue weighted by Gasteiger charge is 2.25. The van der Waals surface area contributed by atoms with Crippen molar-refractivity contribution >= 4 is 17.5 Å². The van der Waals surface area contributed by atoms with E-state index in [1.807, 2.05) is 13.0 Å². The van der Waals surface area contributed by atoms with Crippen LogP contribution in [0.5, 0.6) is 11.5 Å². The maximum Gasteiger partial charge on any atom is 0.333 e. The summed E-state index contributed by atoms with van der Waals surface area (Å²) < 4.78 is 15.6. The Kier molecular flexibility index (Phi) is 6.06. The summed E-state index contributed by atoms with van der Waals surface area (Å²) in [7, 11) is 4.44. The molecule has 0 heterocycles. The Bertz CT molecular complexity index is 803. The van der Waals surface area contributed by atoms with Gasteiger partial charge < -0.3 is 25.3 Å². The first kappa shape index (κ1) is 19.1. The van der Waals surface area contributed by atoms with Crippen LogP contribution in [-0.2, 0) is 9.53 Å². The number of amidine groups is 1. The van der Waals surface area contributed by atoms with E-state index in [1.54, 1.807) is 37.4 Å². The van der Waals surface area contributed by atoms with Crippen LogP contribution >= 0.6 is 0 Å². The van der Waals surface area contributed by atoms with Crippen molar-refractivity contribution in [2.24, 2.45) is 5.73 Å². The monoisotopic (exact) mass is 357 g/mol. The molecule has 0 aliphatic rings. The molecule has 0 radical (unpaired) electrons. The molecule has 2 rings (SSSR count). The summed E-state index contributed by atoms with van der Waals surface area (Å²) >= 11 is 0. The van der Waals surface area contributed by atoms with Crippen LogP contribution in [0.2, 0.25) is 0 Å². The van der Waals surface area contributed by atoms with Crippen molar-refractivity contribution in [1.29, 1.82) is 5.41 Å². The van der Waals surface area contributed by atoms with E-state index in [4.69, 9.17) is 25.4 Å². The Labute approximate surface area is 152 Å². The first-order valence-electron chi connectivity index (χ1n) is 7.92. The molecule has 2 aromatic carbocycles. The van der Waals surface area contributed by atoms with E-state index in [0.29, 0.717) is 28.3 Å². The number of ether oxygens (including phenoxy) is 3. The van der Waals surface area contributed by atoms with Crippen LogP contribution in [0.25, 0.3) is 0 Å². The smallest absolute Gasteiger partial charge is 0.333 e. The van der Waals surface area contributed by atoms with Crippen molar-refractivity contribution in [3.8, 4) is 11.5 Å². The molecule has 0 amide bonds. The van der Waals surface area contributed by atoms with Gasteiger partial charge in [0.2, 0.25) is 0 Å². The molecule has 7 heteroatoms. The van der Waals surface area contributed by atoms with Crippen LogP contribution in [0.15, 0.2) is 36.4 Å². The molecule has 26 heavy (non-hydrogen) atoms. The quantitative estimate of drug-likeness (QED) is 0.399. The van der Waals surface area contributed by atoms with Gasteiger partial charge in [-0.3, -0.25) is 5.41 Å². The first-order valence-corrected chi connectivity index (χ1v) is 7.92. The molecule has 7 nitrogen and oxygen atoms in total. The molecule has 0 saturated heterocycles. The number of benzene rings is 2. The van der Waals surface area contributed by atoms with Gasteiger partial charge in [0.25, 0.3) is 0 Å². The third-order valence-corrected chi connectivity index (χ3v) is 4.03. The molecule has 0 aromatic heterocycles. The Morgan fingerprint density at radius 2 is 1.65 bits per heavy atom. The van der Waals surface area contributed by atoms with E-state index in [9.17, 15) is 4.79 Å². The highest BCUT2D eigenvalue weighted by Crippen LogP contribution is 2.34. The van der Waals surface area contributed by atoms with Gasteiger partial charge in [-0.15, -0.1) is 0 Å². The SMILES string of the molecule is COC(=O)C(Nc1ccc(C(=N)N)cc1)c1cc(OC)c(OC)cc1C. The van der Waals surface area contributed by atoms with Crippen molar-refractivity contribution in [1.82, 2.24) is 0 Å². The van der Waals surface area contributed by atoms with Crippen LogP contribution in [0.3, 0.4) is 0 Å². The third kappa shape index (κ3) is 4.05. The Morgan fingerprint density at radius 3 is 2.15 bits per heavy atom. The number of carbonyl (C=O) groups excluding carboxylic acids is 1. The van der Waals surface area contributed by atoms with Gasteiger partial charge in [0, 0.05) is 11.3 Å². The minimum Gasteiger partial charge on any atom is -0.493 e. The summed E-state index contributed by atoms with van der Waals surface area (Å²) in [6.07, 6.45) is 0. The molecule has 1 atom stereocenters. The van der Waals surface area contributed by atoms with E-state index in [-0.39, 0.29) is 5.84 Å². The number of hydrogen-bond donors (Lipinski definition) is 3. The van der Waals surface area contributed by atoms with Crippen LogP contribution < -0.4 is 20.5 Å². The standard InChI is InChI=1S/C19H23N3O4/c1-11-9-15(24-2)16(25-3)10-14(11)17(19(23)26-4)22-13-7-5-12(6-8-13)18(20)21/h5-10,17,22H,1-4H3,(H3,20,21). The van der Waals surface area contributed by atoms with Gasteiger partial charge in [0.05, 0.1) is 21.3 Å². The summed E-state index contributed by atoms with van der Waals surface area (Å²) in [5, 5.41) is 10.6. The molecule has 4 N–H and O–H groups in total. The third-order valence-electron chi connectivity index (χ3n) is 4.03. The van der Waals surface area contributed by atoms with E-state index < -0.39 is 12.0 Å². The molecule has 1 unspecified atom stereocenters. The Morgan fingerprint density at radius 1 is 1.08 bits per heavy atom. The fourth-order valence-corrected chi connectivity index (χ4v) is 2.60. The number of anilines is 1. The minimum atomic E-state index is -0.733. The van der Waals surface area contributed by atoms with Crippen LogP contribution in [0, 0.1) is 12.3 Å². The highest BCUT2D eigenvalue weighted by atomic mass is 16.5. The lowest BCUT2D eigenvalue weighted by atomic mass is 9.99. The number of rotatable bonds is 7. The zero-order valence-corrected chi connectivity index (χ0v) is 15.3. The Balaban J connectivity index is 2.42. The van der Waals surface area contributed by atoms with Crippen molar-refractivity contribution in [3.63, 3.8) is 0 Å². The molecule has 0 bridgehead atoms. The molecule has 138 valence electrons. The maximum atomic E-state index is 12.4. The lowest BCUT2D eigenvalue weighted by Gasteiger charge is -2.21. The second kappa shape index (κ2) is 8.24. The van der Waals surface area contributed by atoms with Crippen LogP contribution in [0.4, 0.5) is 5.69 Å². The van der Waals surface area contributed by atoms with Crippen molar-refractivity contribution in [2.75, 3.05) is 26.6 Å². The average molecular weight is 357 g/mol. The summed E-state index contributed by atoms with van der Waals surface area (Å²) in [4.78, 5) is 12.4. The van der Waals surface area contributed by atoms with Gasteiger partial charge in [-0.05, 0) is 54.4 Å². The predicted molar refractivity (Wildman–Crippen MR) is 100 cm³/mol. The van der Waals surface area contributed by atoms with Gasteiger partial charge in [0.15, 0.2) is 17.5 Å². The number of methoxy groups -OCH3 is 3.